The van der Waals surface area contributed by atoms with Gasteiger partial charge in [-0.05, 0) is 24.1 Å². The molecule has 0 atom stereocenters. The Morgan fingerprint density at radius 3 is 1.71 bits per heavy atom. The number of carbonyl (C=O) groups is 5. The van der Waals surface area contributed by atoms with Gasteiger partial charge in [0, 0.05) is 52.0 Å². The van der Waals surface area contributed by atoms with Crippen molar-refractivity contribution < 1.29 is 44.4 Å². The molecular weight excluding hydrogens is 462 g/mol. The molecule has 1 aromatic carbocycles. The van der Waals surface area contributed by atoms with Gasteiger partial charge in [0.05, 0.1) is 22.4 Å². The summed E-state index contributed by atoms with van der Waals surface area (Å²) >= 11 is 0. The number of Topliss-reactive ketones (excluding diaryl/α,β-unsaturated/α-hetero) is 1. The van der Waals surface area contributed by atoms with Gasteiger partial charge in [-0.15, -0.1) is 0 Å². The van der Waals surface area contributed by atoms with Crippen LogP contribution in [0.5, 0.6) is 0 Å². The lowest BCUT2D eigenvalue weighted by atomic mass is 9.93. The molecule has 3 saturated heterocycles. The van der Waals surface area contributed by atoms with Gasteiger partial charge in [0.15, 0.2) is 0 Å². The van der Waals surface area contributed by atoms with E-state index in [1.165, 1.54) is 6.08 Å². The number of carboxylic acid groups (broad SMARTS) is 3. The van der Waals surface area contributed by atoms with Crippen LogP contribution < -0.4 is 0 Å². The maximum absolute atomic E-state index is 12.4. The summed E-state index contributed by atoms with van der Waals surface area (Å²) in [5, 5.41) is 35.6. The van der Waals surface area contributed by atoms with Crippen molar-refractivity contribution in [1.82, 2.24) is 14.7 Å². The van der Waals surface area contributed by atoms with Crippen molar-refractivity contribution in [2.45, 2.75) is 6.42 Å². The number of carbonyl (C=O) groups excluding carboxylic acids is 2. The Labute approximate surface area is 199 Å². The van der Waals surface area contributed by atoms with Gasteiger partial charge in [0.25, 0.3) is 0 Å². The summed E-state index contributed by atoms with van der Waals surface area (Å²) in [6, 6.07) is 1.94. The fourth-order valence-electron chi connectivity index (χ4n) is 3.92. The molecule has 1 aromatic rings. The van der Waals surface area contributed by atoms with E-state index in [4.69, 9.17) is 20.4 Å². The van der Waals surface area contributed by atoms with Crippen LogP contribution in [0, 0.1) is 0 Å². The maximum Gasteiger partial charge on any atom is 0.336 e. The molecule has 4 N–H and O–H groups in total. The minimum atomic E-state index is -1.54. The molecule has 184 valence electrons. The second-order valence-corrected chi connectivity index (χ2v) is 8.28. The number of carboxylic acids is 3. The Kier molecular flexibility index (Phi) is 6.31. The second kappa shape index (κ2) is 9.22. The molecule has 0 aromatic heterocycles. The van der Waals surface area contributed by atoms with Gasteiger partial charge in [-0.2, -0.15) is 0 Å². The molecule has 4 aliphatic rings. The van der Waals surface area contributed by atoms with Gasteiger partial charge in [-0.3, -0.25) is 9.59 Å². The number of ketones is 2. The number of nitrogens with zero attached hydrogens (tertiary/aromatic N) is 3. The predicted octanol–water partition coefficient (Wildman–Crippen LogP) is -0.503. The second-order valence-electron chi connectivity index (χ2n) is 8.28. The van der Waals surface area contributed by atoms with Crippen LogP contribution in [0.2, 0.25) is 0 Å². The summed E-state index contributed by atoms with van der Waals surface area (Å²) in [6.07, 6.45) is 1.28. The van der Waals surface area contributed by atoms with Crippen molar-refractivity contribution in [2.24, 2.45) is 0 Å². The van der Waals surface area contributed by atoms with Crippen LogP contribution in [0.25, 0.3) is 0 Å². The van der Waals surface area contributed by atoms with Crippen molar-refractivity contribution in [1.29, 1.82) is 0 Å². The van der Waals surface area contributed by atoms with E-state index in [2.05, 4.69) is 0 Å². The summed E-state index contributed by atoms with van der Waals surface area (Å²) < 4.78 is 0. The van der Waals surface area contributed by atoms with Crippen LogP contribution in [0.3, 0.4) is 0 Å². The topological polar surface area (TPSA) is 175 Å². The van der Waals surface area contributed by atoms with Crippen LogP contribution in [-0.2, 0) is 16.0 Å². The molecular formula is C23H23N3O9. The molecule has 3 aliphatic heterocycles. The minimum absolute atomic E-state index is 0.00546. The first kappa shape index (κ1) is 24.0. The number of allylic oxidation sites excluding steroid dienone is 1. The zero-order chi connectivity index (χ0) is 25.4. The highest BCUT2D eigenvalue weighted by Gasteiger charge is 2.43. The lowest BCUT2D eigenvalue weighted by Crippen LogP contribution is -2.29. The first-order chi connectivity index (χ1) is 16.6. The zero-order valence-electron chi connectivity index (χ0n) is 18.6. The number of aromatic carboxylic acids is 3. The van der Waals surface area contributed by atoms with Crippen LogP contribution >= 0.6 is 0 Å². The highest BCUT2D eigenvalue weighted by Crippen LogP contribution is 2.34. The number of benzene rings is 1. The van der Waals surface area contributed by atoms with Crippen LogP contribution in [0.4, 0.5) is 0 Å². The molecule has 0 bridgehead atoms. The molecule has 3 fully saturated rings. The van der Waals surface area contributed by atoms with Gasteiger partial charge in [0.1, 0.15) is 11.4 Å². The van der Waals surface area contributed by atoms with Gasteiger partial charge >= 0.3 is 17.9 Å². The summed E-state index contributed by atoms with van der Waals surface area (Å²) in [6.45, 7) is 4.92. The summed E-state index contributed by atoms with van der Waals surface area (Å²) in [5.41, 5.74) is 0.258. The van der Waals surface area contributed by atoms with Gasteiger partial charge < -0.3 is 35.1 Å². The van der Waals surface area contributed by atoms with Crippen molar-refractivity contribution in [3.63, 3.8) is 0 Å². The summed E-state index contributed by atoms with van der Waals surface area (Å²) in [7, 11) is 0. The number of aliphatic hydroxyl groups excluding tert-OH is 1. The Hall–Kier alpha value is -4.19. The Balaban J connectivity index is 0.000000165. The van der Waals surface area contributed by atoms with Gasteiger partial charge in [-0.1, -0.05) is 0 Å². The normalized spacial score (nSPS) is 18.1. The SMILES string of the molecule is O=C(O)c1ccc(C(=O)O)c(C(=O)O)c1CCO.O=C1C=C(N2CC2)C(=O)C(N2CC2)=C1N1CC1. The van der Waals surface area contributed by atoms with E-state index in [9.17, 15) is 24.0 Å². The van der Waals surface area contributed by atoms with Crippen molar-refractivity contribution >= 4 is 29.5 Å². The molecule has 12 nitrogen and oxygen atoms in total. The Bertz CT molecular complexity index is 1200. The lowest BCUT2D eigenvalue weighted by Gasteiger charge is -2.21. The first-order valence-electron chi connectivity index (χ1n) is 10.9. The number of hydrogen-bond donors (Lipinski definition) is 4. The molecule has 0 radical (unpaired) electrons. The van der Waals surface area contributed by atoms with E-state index in [0.717, 1.165) is 51.4 Å². The molecule has 5 rings (SSSR count). The molecule has 0 unspecified atom stereocenters. The van der Waals surface area contributed by atoms with E-state index >= 15 is 0 Å². The molecule has 1 aliphatic carbocycles. The summed E-state index contributed by atoms with van der Waals surface area (Å²) in [5.74, 6) is -4.34. The monoisotopic (exact) mass is 485 g/mol. The standard InChI is InChI=1S/C12H13N3O2.C11H10O7/c16-9-7-8(13-1-2-13)12(17)11(15-5-6-15)10(9)14-3-4-14;12-4-3-5-6(9(13)14)1-2-7(10(15)16)8(5)11(17)18/h7H,1-6H2;1-2,12H,3-4H2,(H,13,14)(H,15,16)(H,17,18). The fraction of sp³-hybridized carbons (Fsp3) is 0.348. The smallest absolute Gasteiger partial charge is 0.336 e. The van der Waals surface area contributed by atoms with Crippen LogP contribution in [-0.4, -0.2) is 110 Å². The highest BCUT2D eigenvalue weighted by atomic mass is 16.4. The first-order valence-corrected chi connectivity index (χ1v) is 10.9. The molecule has 0 spiro atoms. The van der Waals surface area contributed by atoms with E-state index in [0.29, 0.717) is 17.1 Å². The maximum atomic E-state index is 12.4. The quantitative estimate of drug-likeness (QED) is 0.275. The van der Waals surface area contributed by atoms with E-state index < -0.39 is 35.6 Å². The third kappa shape index (κ3) is 4.87. The third-order valence-electron chi connectivity index (χ3n) is 5.84. The van der Waals surface area contributed by atoms with Gasteiger partial charge in [0.2, 0.25) is 11.6 Å². The zero-order valence-corrected chi connectivity index (χ0v) is 18.6. The molecule has 0 saturated carbocycles. The van der Waals surface area contributed by atoms with Crippen molar-refractivity contribution in [3.8, 4) is 0 Å². The average Bonchev–Trinajstić information content (AvgIpc) is 3.63. The molecule has 35 heavy (non-hydrogen) atoms. The van der Waals surface area contributed by atoms with E-state index in [-0.39, 0.29) is 29.1 Å². The van der Waals surface area contributed by atoms with E-state index in [1.54, 1.807) is 0 Å². The van der Waals surface area contributed by atoms with Gasteiger partial charge in [-0.25, -0.2) is 14.4 Å². The fourth-order valence-corrected chi connectivity index (χ4v) is 3.92. The van der Waals surface area contributed by atoms with Crippen LogP contribution in [0.15, 0.2) is 35.3 Å². The minimum Gasteiger partial charge on any atom is -0.478 e. The van der Waals surface area contributed by atoms with E-state index in [1.807, 2.05) is 14.7 Å². The molecule has 12 heteroatoms. The Morgan fingerprint density at radius 2 is 1.26 bits per heavy atom. The number of rotatable bonds is 8. The highest BCUT2D eigenvalue weighted by molar-refractivity contribution is 6.22. The third-order valence-corrected chi connectivity index (χ3v) is 5.84. The predicted molar refractivity (Wildman–Crippen MR) is 118 cm³/mol. The lowest BCUT2D eigenvalue weighted by molar-refractivity contribution is -0.117. The molecule has 3 heterocycles. The number of hydrogen-bond acceptors (Lipinski definition) is 9. The van der Waals surface area contributed by atoms with Crippen molar-refractivity contribution in [3.05, 3.63) is 57.6 Å². The Morgan fingerprint density at radius 1 is 0.743 bits per heavy atom. The van der Waals surface area contributed by atoms with Crippen molar-refractivity contribution in [2.75, 3.05) is 45.9 Å². The van der Waals surface area contributed by atoms with Crippen LogP contribution in [0.1, 0.15) is 36.6 Å². The average molecular weight is 485 g/mol. The summed E-state index contributed by atoms with van der Waals surface area (Å²) in [4.78, 5) is 63.3. The number of aliphatic hydroxyl groups is 1. The molecule has 0 amide bonds. The largest absolute Gasteiger partial charge is 0.478 e.